The number of likely N-dealkylation sites (N-methyl/N-ethyl adjacent to an activating group) is 1. The SMILES string of the molecule is CC[C@H](Oc1ccc2c(c1)CCCC2)C(=O)Nc1ccc(N2CCN(C)CC2)cc1. The Labute approximate surface area is 180 Å². The lowest BCUT2D eigenvalue weighted by Gasteiger charge is -2.34. The number of anilines is 2. The molecule has 1 saturated heterocycles. The van der Waals surface area contributed by atoms with Gasteiger partial charge in [0.05, 0.1) is 0 Å². The number of nitrogens with one attached hydrogen (secondary N) is 1. The lowest BCUT2D eigenvalue weighted by molar-refractivity contribution is -0.122. The standard InChI is InChI=1S/C25H33N3O2/c1-3-24(30-23-13-8-19-6-4-5-7-20(19)18-23)25(29)26-21-9-11-22(12-10-21)28-16-14-27(2)15-17-28/h8-13,18,24H,3-7,14-17H2,1-2H3,(H,26,29)/t24-/m0/s1. The number of ether oxygens (including phenoxy) is 1. The second-order valence-electron chi connectivity index (χ2n) is 8.48. The Hall–Kier alpha value is -2.53. The summed E-state index contributed by atoms with van der Waals surface area (Å²) in [5.74, 6) is 0.700. The summed E-state index contributed by atoms with van der Waals surface area (Å²) in [6.07, 6.45) is 4.89. The summed E-state index contributed by atoms with van der Waals surface area (Å²) in [4.78, 5) is 17.5. The van der Waals surface area contributed by atoms with E-state index in [9.17, 15) is 4.79 Å². The maximum Gasteiger partial charge on any atom is 0.265 e. The molecule has 0 radical (unpaired) electrons. The largest absolute Gasteiger partial charge is 0.481 e. The first kappa shape index (κ1) is 20.7. The van der Waals surface area contributed by atoms with Gasteiger partial charge in [-0.1, -0.05) is 13.0 Å². The van der Waals surface area contributed by atoms with Crippen LogP contribution in [0.4, 0.5) is 11.4 Å². The number of benzene rings is 2. The molecular formula is C25H33N3O2. The molecule has 0 bridgehead atoms. The van der Waals surface area contributed by atoms with Crippen molar-refractivity contribution in [1.82, 2.24) is 4.90 Å². The Balaban J connectivity index is 1.36. The normalized spacial score (nSPS) is 17.9. The molecule has 0 unspecified atom stereocenters. The second kappa shape index (κ2) is 9.52. The Morgan fingerprint density at radius 2 is 1.70 bits per heavy atom. The molecule has 1 aliphatic heterocycles. The molecule has 2 aliphatic rings. The number of aryl methyl sites for hydroxylation is 2. The zero-order chi connectivity index (χ0) is 20.9. The predicted molar refractivity (Wildman–Crippen MR) is 123 cm³/mol. The summed E-state index contributed by atoms with van der Waals surface area (Å²) in [5.41, 5.74) is 4.81. The minimum atomic E-state index is -0.496. The average Bonchev–Trinajstić information content (AvgIpc) is 2.78. The summed E-state index contributed by atoms with van der Waals surface area (Å²) in [6.45, 7) is 6.22. The van der Waals surface area contributed by atoms with E-state index in [0.717, 1.165) is 50.5 Å². The number of carbonyl (C=O) groups is 1. The van der Waals surface area contributed by atoms with E-state index >= 15 is 0 Å². The summed E-state index contributed by atoms with van der Waals surface area (Å²) in [5, 5.41) is 3.02. The number of amides is 1. The molecule has 0 aromatic heterocycles. The minimum absolute atomic E-state index is 0.0948. The third kappa shape index (κ3) is 4.96. The van der Waals surface area contributed by atoms with Crippen LogP contribution in [0.25, 0.3) is 0 Å². The zero-order valence-electron chi connectivity index (χ0n) is 18.2. The fourth-order valence-electron chi connectivity index (χ4n) is 4.31. The van der Waals surface area contributed by atoms with Crippen LogP contribution in [0.1, 0.15) is 37.3 Å². The van der Waals surface area contributed by atoms with E-state index in [-0.39, 0.29) is 5.91 Å². The molecule has 30 heavy (non-hydrogen) atoms. The van der Waals surface area contributed by atoms with Crippen molar-refractivity contribution < 1.29 is 9.53 Å². The number of hydrogen-bond acceptors (Lipinski definition) is 4. The van der Waals surface area contributed by atoms with Gasteiger partial charge in [-0.25, -0.2) is 0 Å². The topological polar surface area (TPSA) is 44.8 Å². The van der Waals surface area contributed by atoms with Crippen LogP contribution >= 0.6 is 0 Å². The number of piperazine rings is 1. The van der Waals surface area contributed by atoms with Gasteiger partial charge in [-0.15, -0.1) is 0 Å². The van der Waals surface area contributed by atoms with Gasteiger partial charge in [0.25, 0.3) is 5.91 Å². The fourth-order valence-corrected chi connectivity index (χ4v) is 4.31. The molecule has 1 N–H and O–H groups in total. The predicted octanol–water partition coefficient (Wildman–Crippen LogP) is 4.11. The van der Waals surface area contributed by atoms with Crippen LogP contribution in [-0.4, -0.2) is 50.1 Å². The molecule has 5 nitrogen and oxygen atoms in total. The van der Waals surface area contributed by atoms with Gasteiger partial charge in [-0.3, -0.25) is 4.79 Å². The Morgan fingerprint density at radius 3 is 2.40 bits per heavy atom. The maximum atomic E-state index is 12.8. The molecule has 1 atom stereocenters. The molecule has 160 valence electrons. The minimum Gasteiger partial charge on any atom is -0.481 e. The third-order valence-corrected chi connectivity index (χ3v) is 6.26. The van der Waals surface area contributed by atoms with Gasteiger partial charge in [-0.2, -0.15) is 0 Å². The molecule has 1 aliphatic carbocycles. The van der Waals surface area contributed by atoms with Crippen molar-refractivity contribution >= 4 is 17.3 Å². The van der Waals surface area contributed by atoms with Crippen molar-refractivity contribution in [3.05, 3.63) is 53.6 Å². The number of carbonyl (C=O) groups excluding carboxylic acids is 1. The van der Waals surface area contributed by atoms with Crippen molar-refractivity contribution in [2.24, 2.45) is 0 Å². The Morgan fingerprint density at radius 1 is 1.00 bits per heavy atom. The van der Waals surface area contributed by atoms with E-state index in [1.165, 1.54) is 29.7 Å². The van der Waals surface area contributed by atoms with Crippen LogP contribution < -0.4 is 15.0 Å². The number of hydrogen-bond donors (Lipinski definition) is 1. The molecule has 0 spiro atoms. The van der Waals surface area contributed by atoms with Crippen molar-refractivity contribution in [3.8, 4) is 5.75 Å². The fraction of sp³-hybridized carbons (Fsp3) is 0.480. The zero-order valence-corrected chi connectivity index (χ0v) is 18.2. The van der Waals surface area contributed by atoms with Gasteiger partial charge >= 0.3 is 0 Å². The van der Waals surface area contributed by atoms with Crippen LogP contribution in [0.15, 0.2) is 42.5 Å². The molecule has 1 amide bonds. The second-order valence-corrected chi connectivity index (χ2v) is 8.48. The number of rotatable bonds is 6. The van der Waals surface area contributed by atoms with E-state index in [0.29, 0.717) is 6.42 Å². The molecule has 5 heteroatoms. The van der Waals surface area contributed by atoms with Crippen molar-refractivity contribution in [2.45, 2.75) is 45.1 Å². The van der Waals surface area contributed by atoms with E-state index in [1.54, 1.807) is 0 Å². The first-order valence-electron chi connectivity index (χ1n) is 11.3. The Kier molecular flexibility index (Phi) is 6.58. The molecule has 0 saturated carbocycles. The molecule has 2 aromatic rings. The van der Waals surface area contributed by atoms with Crippen molar-refractivity contribution in [3.63, 3.8) is 0 Å². The lowest BCUT2D eigenvalue weighted by atomic mass is 9.92. The summed E-state index contributed by atoms with van der Waals surface area (Å²) in [6, 6.07) is 14.4. The van der Waals surface area contributed by atoms with Crippen LogP contribution in [0.2, 0.25) is 0 Å². The third-order valence-electron chi connectivity index (χ3n) is 6.26. The van der Waals surface area contributed by atoms with Crippen molar-refractivity contribution in [1.29, 1.82) is 0 Å². The highest BCUT2D eigenvalue weighted by Gasteiger charge is 2.20. The lowest BCUT2D eigenvalue weighted by Crippen LogP contribution is -2.44. The van der Waals surface area contributed by atoms with Gasteiger partial charge in [0.15, 0.2) is 6.10 Å². The highest BCUT2D eigenvalue weighted by molar-refractivity contribution is 5.94. The number of nitrogens with zero attached hydrogens (tertiary/aromatic N) is 2. The quantitative estimate of drug-likeness (QED) is 0.783. The van der Waals surface area contributed by atoms with Crippen LogP contribution in [0.5, 0.6) is 5.75 Å². The van der Waals surface area contributed by atoms with E-state index < -0.39 is 6.10 Å². The first-order valence-corrected chi connectivity index (χ1v) is 11.3. The molecule has 1 fully saturated rings. The van der Waals surface area contributed by atoms with E-state index in [4.69, 9.17) is 4.74 Å². The first-order chi connectivity index (χ1) is 14.6. The number of fused-ring (bicyclic) bond motifs is 1. The van der Waals surface area contributed by atoms with Gasteiger partial charge in [0, 0.05) is 37.6 Å². The van der Waals surface area contributed by atoms with E-state index in [1.807, 2.05) is 25.1 Å². The summed E-state index contributed by atoms with van der Waals surface area (Å²) in [7, 11) is 2.16. The molecule has 1 heterocycles. The average molecular weight is 408 g/mol. The van der Waals surface area contributed by atoms with Gasteiger partial charge in [-0.05, 0) is 86.7 Å². The van der Waals surface area contributed by atoms with Crippen LogP contribution in [0, 0.1) is 0 Å². The van der Waals surface area contributed by atoms with Crippen molar-refractivity contribution in [2.75, 3.05) is 43.4 Å². The van der Waals surface area contributed by atoms with Gasteiger partial charge in [0.2, 0.25) is 0 Å². The van der Waals surface area contributed by atoms with Crippen LogP contribution in [0.3, 0.4) is 0 Å². The molecule has 4 rings (SSSR count). The molecular weight excluding hydrogens is 374 g/mol. The smallest absolute Gasteiger partial charge is 0.265 e. The van der Waals surface area contributed by atoms with Gasteiger partial charge in [0.1, 0.15) is 5.75 Å². The highest BCUT2D eigenvalue weighted by Crippen LogP contribution is 2.26. The summed E-state index contributed by atoms with van der Waals surface area (Å²) < 4.78 is 6.07. The van der Waals surface area contributed by atoms with Gasteiger partial charge < -0.3 is 19.9 Å². The highest BCUT2D eigenvalue weighted by atomic mass is 16.5. The Bertz CT molecular complexity index is 857. The monoisotopic (exact) mass is 407 g/mol. The van der Waals surface area contributed by atoms with E-state index in [2.05, 4.69) is 46.4 Å². The molecule has 2 aromatic carbocycles. The van der Waals surface area contributed by atoms with Crippen LogP contribution in [-0.2, 0) is 17.6 Å². The summed E-state index contributed by atoms with van der Waals surface area (Å²) >= 11 is 0. The maximum absolute atomic E-state index is 12.8.